The molecule has 0 spiro atoms. The Morgan fingerprint density at radius 2 is 1.48 bits per heavy atom. The second kappa shape index (κ2) is 8.79. The van der Waals surface area contributed by atoms with E-state index in [-0.39, 0.29) is 23.0 Å². The molecule has 2 N–H and O–H groups in total. The van der Waals surface area contributed by atoms with E-state index < -0.39 is 23.9 Å². The van der Waals surface area contributed by atoms with Crippen LogP contribution in [0.5, 0.6) is 11.5 Å². The topological polar surface area (TPSA) is 120 Å². The lowest BCUT2D eigenvalue weighted by Gasteiger charge is -2.21. The first-order valence-electron chi connectivity index (χ1n) is 8.53. The maximum absolute atomic E-state index is 12.4. The maximum atomic E-state index is 12.4. The number of benzene rings is 1. The molecule has 150 valence electrons. The lowest BCUT2D eigenvalue weighted by atomic mass is 10.1. The van der Waals surface area contributed by atoms with Crippen LogP contribution in [0.1, 0.15) is 39.8 Å². The zero-order chi connectivity index (χ0) is 20.8. The van der Waals surface area contributed by atoms with Crippen LogP contribution in [-0.2, 0) is 4.79 Å². The van der Waals surface area contributed by atoms with Crippen molar-refractivity contribution in [3.8, 4) is 11.5 Å². The molecule has 1 aromatic carbocycles. The van der Waals surface area contributed by atoms with E-state index in [4.69, 9.17) is 18.3 Å². The SMILES string of the molecule is COc1cc(C(NC(=O)c2ccco2)NC(=O)c2ccco2)ccc1OC(C)=O. The molecular formula is C20H18N2O7. The van der Waals surface area contributed by atoms with Gasteiger partial charge in [0.2, 0.25) is 0 Å². The fraction of sp³-hybridized carbons (Fsp3) is 0.150. The van der Waals surface area contributed by atoms with Gasteiger partial charge in [0.1, 0.15) is 6.17 Å². The number of furan rings is 2. The average molecular weight is 398 g/mol. The molecule has 0 atom stereocenters. The van der Waals surface area contributed by atoms with E-state index in [2.05, 4.69) is 10.6 Å². The standard InChI is InChI=1S/C20H18N2O7/c1-12(23)29-14-8-7-13(11-17(14)26-2)18(21-19(24)15-5-3-9-27-15)22-20(25)16-6-4-10-28-16/h3-11,18H,1-2H3,(H,21,24)(H,22,25). The molecule has 2 heterocycles. The number of esters is 1. The summed E-state index contributed by atoms with van der Waals surface area (Å²) in [5, 5.41) is 5.34. The monoisotopic (exact) mass is 398 g/mol. The molecule has 2 aromatic heterocycles. The summed E-state index contributed by atoms with van der Waals surface area (Å²) in [6.07, 6.45) is 1.77. The minimum absolute atomic E-state index is 0.0748. The van der Waals surface area contributed by atoms with Crippen LogP contribution in [0, 0.1) is 0 Å². The van der Waals surface area contributed by atoms with Gasteiger partial charge in [-0.15, -0.1) is 0 Å². The van der Waals surface area contributed by atoms with Gasteiger partial charge in [-0.05, 0) is 42.0 Å². The predicted octanol–water partition coefficient (Wildman–Crippen LogP) is 2.67. The number of hydrogen-bond acceptors (Lipinski definition) is 7. The Morgan fingerprint density at radius 1 is 0.897 bits per heavy atom. The number of carbonyl (C=O) groups is 3. The van der Waals surface area contributed by atoms with Gasteiger partial charge in [-0.1, -0.05) is 6.07 Å². The molecule has 0 aliphatic heterocycles. The van der Waals surface area contributed by atoms with Crippen LogP contribution in [0.4, 0.5) is 0 Å². The lowest BCUT2D eigenvalue weighted by Crippen LogP contribution is -2.41. The number of methoxy groups -OCH3 is 1. The third kappa shape index (κ3) is 4.83. The zero-order valence-electron chi connectivity index (χ0n) is 15.6. The van der Waals surface area contributed by atoms with Crippen molar-refractivity contribution < 1.29 is 32.7 Å². The largest absolute Gasteiger partial charge is 0.493 e. The summed E-state index contributed by atoms with van der Waals surface area (Å²) in [5.74, 6) is -0.980. The number of ether oxygens (including phenoxy) is 2. The van der Waals surface area contributed by atoms with E-state index in [1.807, 2.05) is 0 Å². The summed E-state index contributed by atoms with van der Waals surface area (Å²) in [5.41, 5.74) is 0.470. The number of amides is 2. The van der Waals surface area contributed by atoms with Crippen LogP contribution in [0.3, 0.4) is 0 Å². The maximum Gasteiger partial charge on any atom is 0.308 e. The van der Waals surface area contributed by atoms with E-state index in [0.717, 1.165) is 0 Å². The molecule has 29 heavy (non-hydrogen) atoms. The molecule has 3 rings (SSSR count). The Labute approximate surface area is 165 Å². The quantitative estimate of drug-likeness (QED) is 0.357. The van der Waals surface area contributed by atoms with E-state index in [9.17, 15) is 14.4 Å². The van der Waals surface area contributed by atoms with Crippen molar-refractivity contribution in [2.75, 3.05) is 7.11 Å². The fourth-order valence-corrected chi connectivity index (χ4v) is 2.53. The van der Waals surface area contributed by atoms with Crippen molar-refractivity contribution in [1.82, 2.24) is 10.6 Å². The summed E-state index contributed by atoms with van der Waals surface area (Å²) in [6, 6.07) is 10.7. The Bertz CT molecular complexity index is 946. The van der Waals surface area contributed by atoms with Crippen molar-refractivity contribution >= 4 is 17.8 Å². The second-order valence-corrected chi connectivity index (χ2v) is 5.84. The van der Waals surface area contributed by atoms with Gasteiger partial charge in [0.25, 0.3) is 11.8 Å². The minimum atomic E-state index is -0.953. The van der Waals surface area contributed by atoms with E-state index >= 15 is 0 Å². The highest BCUT2D eigenvalue weighted by atomic mass is 16.6. The third-order valence-corrected chi connectivity index (χ3v) is 3.82. The van der Waals surface area contributed by atoms with Crippen LogP contribution in [0.25, 0.3) is 0 Å². The summed E-state index contributed by atoms with van der Waals surface area (Å²) in [4.78, 5) is 36.1. The molecule has 0 saturated carbocycles. The number of hydrogen-bond donors (Lipinski definition) is 2. The van der Waals surface area contributed by atoms with Gasteiger partial charge >= 0.3 is 5.97 Å². The molecule has 0 unspecified atom stereocenters. The first-order valence-corrected chi connectivity index (χ1v) is 8.53. The van der Waals surface area contributed by atoms with Crippen molar-refractivity contribution in [3.63, 3.8) is 0 Å². The van der Waals surface area contributed by atoms with Gasteiger partial charge in [0.05, 0.1) is 19.6 Å². The average Bonchev–Trinajstić information content (AvgIpc) is 3.41. The van der Waals surface area contributed by atoms with E-state index in [1.54, 1.807) is 18.2 Å². The van der Waals surface area contributed by atoms with Crippen LogP contribution in [0.2, 0.25) is 0 Å². The van der Waals surface area contributed by atoms with Crippen LogP contribution in [-0.4, -0.2) is 24.9 Å². The molecule has 0 radical (unpaired) electrons. The molecule has 0 saturated heterocycles. The summed E-state index contributed by atoms with van der Waals surface area (Å²) in [7, 11) is 1.41. The number of rotatable bonds is 7. The second-order valence-electron chi connectivity index (χ2n) is 5.84. The first kappa shape index (κ1) is 19.7. The minimum Gasteiger partial charge on any atom is -0.493 e. The Kier molecular flexibility index (Phi) is 5.98. The van der Waals surface area contributed by atoms with Crippen molar-refractivity contribution in [2.45, 2.75) is 13.1 Å². The Morgan fingerprint density at radius 3 is 1.93 bits per heavy atom. The predicted molar refractivity (Wildman–Crippen MR) is 99.4 cm³/mol. The first-order chi connectivity index (χ1) is 14.0. The van der Waals surface area contributed by atoms with Gasteiger partial charge in [-0.25, -0.2) is 0 Å². The van der Waals surface area contributed by atoms with Crippen LogP contribution in [0.15, 0.2) is 63.8 Å². The molecule has 9 nitrogen and oxygen atoms in total. The van der Waals surface area contributed by atoms with E-state index in [1.165, 1.54) is 50.8 Å². The molecule has 0 bridgehead atoms. The molecule has 9 heteroatoms. The summed E-state index contributed by atoms with van der Waals surface area (Å²) in [6.45, 7) is 1.27. The highest BCUT2D eigenvalue weighted by Gasteiger charge is 2.22. The number of carbonyl (C=O) groups excluding carboxylic acids is 3. The summed E-state index contributed by atoms with van der Waals surface area (Å²) >= 11 is 0. The molecule has 2 amide bonds. The van der Waals surface area contributed by atoms with E-state index in [0.29, 0.717) is 5.56 Å². The highest BCUT2D eigenvalue weighted by molar-refractivity contribution is 5.94. The van der Waals surface area contributed by atoms with Gasteiger partial charge in [-0.3, -0.25) is 14.4 Å². The molecule has 0 aliphatic rings. The molecule has 0 fully saturated rings. The van der Waals surface area contributed by atoms with Gasteiger partial charge in [0, 0.05) is 6.92 Å². The van der Waals surface area contributed by atoms with Crippen molar-refractivity contribution in [1.29, 1.82) is 0 Å². The van der Waals surface area contributed by atoms with Crippen molar-refractivity contribution in [3.05, 3.63) is 72.1 Å². The Hall–Kier alpha value is -4.01. The van der Waals surface area contributed by atoms with Crippen LogP contribution < -0.4 is 20.1 Å². The Balaban J connectivity index is 1.89. The van der Waals surface area contributed by atoms with Gasteiger partial charge in [-0.2, -0.15) is 0 Å². The molecular weight excluding hydrogens is 380 g/mol. The highest BCUT2D eigenvalue weighted by Crippen LogP contribution is 2.30. The summed E-state index contributed by atoms with van der Waals surface area (Å²) < 4.78 is 20.5. The van der Waals surface area contributed by atoms with Crippen molar-refractivity contribution in [2.24, 2.45) is 0 Å². The zero-order valence-corrected chi connectivity index (χ0v) is 15.6. The molecule has 0 aliphatic carbocycles. The van der Waals surface area contributed by atoms with Gasteiger partial charge < -0.3 is 28.9 Å². The molecule has 3 aromatic rings. The lowest BCUT2D eigenvalue weighted by molar-refractivity contribution is -0.132. The van der Waals surface area contributed by atoms with Gasteiger partial charge in [0.15, 0.2) is 23.0 Å². The smallest absolute Gasteiger partial charge is 0.308 e. The fourth-order valence-electron chi connectivity index (χ4n) is 2.53. The number of nitrogens with one attached hydrogen (secondary N) is 2. The van der Waals surface area contributed by atoms with Crippen LogP contribution >= 0.6 is 0 Å². The third-order valence-electron chi connectivity index (χ3n) is 3.82. The normalized spacial score (nSPS) is 10.4.